The first-order chi connectivity index (χ1) is 14.1. The van der Waals surface area contributed by atoms with Crippen molar-refractivity contribution in [2.24, 2.45) is 0 Å². The van der Waals surface area contributed by atoms with Gasteiger partial charge in [-0.15, -0.1) is 0 Å². The van der Waals surface area contributed by atoms with Gasteiger partial charge in [-0.3, -0.25) is 9.36 Å². The average molecular weight is 410 g/mol. The fraction of sp³-hybridized carbons (Fsp3) is 0.182. The molecule has 0 atom stereocenters. The summed E-state index contributed by atoms with van der Waals surface area (Å²) < 4.78 is 14.2. The molecular weight excluding hydrogens is 390 g/mol. The van der Waals surface area contributed by atoms with Gasteiger partial charge in [0.25, 0.3) is 5.56 Å². The smallest absolute Gasteiger partial charge is 0.282 e. The van der Waals surface area contributed by atoms with Crippen molar-refractivity contribution in [3.05, 3.63) is 76.4 Å². The van der Waals surface area contributed by atoms with Gasteiger partial charge in [0, 0.05) is 22.8 Å². The molecule has 4 aromatic rings. The van der Waals surface area contributed by atoms with Gasteiger partial charge in [-0.2, -0.15) is 5.10 Å². The highest BCUT2D eigenvalue weighted by atomic mass is 35.5. The van der Waals surface area contributed by atoms with Gasteiger partial charge in [0.2, 0.25) is 0 Å². The summed E-state index contributed by atoms with van der Waals surface area (Å²) in [7, 11) is 1.58. The summed E-state index contributed by atoms with van der Waals surface area (Å²) in [6, 6.07) is 14.7. The van der Waals surface area contributed by atoms with Crippen LogP contribution in [0.15, 0.2) is 65.8 Å². The molecule has 0 N–H and O–H groups in total. The Labute approximate surface area is 172 Å². The molecule has 0 aliphatic carbocycles. The number of methoxy groups -OCH3 is 1. The molecule has 6 nitrogen and oxygen atoms in total. The highest BCUT2D eigenvalue weighted by molar-refractivity contribution is 6.30. The Balaban J connectivity index is 1.76. The van der Waals surface area contributed by atoms with Crippen LogP contribution in [0.3, 0.4) is 0 Å². The zero-order chi connectivity index (χ0) is 20.4. The molecule has 0 saturated heterocycles. The maximum atomic E-state index is 13.1. The zero-order valence-electron chi connectivity index (χ0n) is 16.1. The maximum absolute atomic E-state index is 13.1. The number of nitrogens with zero attached hydrogens (tertiary/aromatic N) is 3. The van der Waals surface area contributed by atoms with Crippen molar-refractivity contribution in [3.8, 4) is 28.3 Å². The van der Waals surface area contributed by atoms with Gasteiger partial charge in [-0.25, -0.2) is 4.52 Å². The summed E-state index contributed by atoms with van der Waals surface area (Å²) in [5.41, 5.74) is 2.81. The SMILES string of the molecule is CCCOc1ccc(-n2cnn3cc(-c4ccc(Cl)cc4)cc3c2=O)cc1OC. The minimum atomic E-state index is -0.176. The average Bonchev–Trinajstić information content (AvgIpc) is 3.18. The van der Waals surface area contributed by atoms with Crippen molar-refractivity contribution in [3.63, 3.8) is 0 Å². The van der Waals surface area contributed by atoms with E-state index in [4.69, 9.17) is 21.1 Å². The molecule has 0 aliphatic heterocycles. The number of ether oxygens (including phenoxy) is 2. The van der Waals surface area contributed by atoms with Crippen LogP contribution >= 0.6 is 11.6 Å². The number of hydrogen-bond donors (Lipinski definition) is 0. The van der Waals surface area contributed by atoms with Crippen LogP contribution in [0.4, 0.5) is 0 Å². The van der Waals surface area contributed by atoms with E-state index in [1.54, 1.807) is 23.8 Å². The third-order valence-electron chi connectivity index (χ3n) is 4.59. The van der Waals surface area contributed by atoms with Gasteiger partial charge in [0.05, 0.1) is 19.4 Å². The minimum absolute atomic E-state index is 0.176. The Kier molecular flexibility index (Phi) is 5.27. The third kappa shape index (κ3) is 3.71. The van der Waals surface area contributed by atoms with Crippen molar-refractivity contribution in [2.75, 3.05) is 13.7 Å². The first-order valence-corrected chi connectivity index (χ1v) is 9.65. The van der Waals surface area contributed by atoms with Crippen LogP contribution < -0.4 is 15.0 Å². The highest BCUT2D eigenvalue weighted by Crippen LogP contribution is 2.29. The van der Waals surface area contributed by atoms with Crippen LogP contribution in [-0.4, -0.2) is 27.9 Å². The predicted octanol–water partition coefficient (Wildman–Crippen LogP) is 4.60. The molecule has 0 bridgehead atoms. The van der Waals surface area contributed by atoms with Crippen LogP contribution in [0.5, 0.6) is 11.5 Å². The van der Waals surface area contributed by atoms with Crippen LogP contribution in [0, 0.1) is 0 Å². The fourth-order valence-electron chi connectivity index (χ4n) is 3.11. The van der Waals surface area contributed by atoms with Gasteiger partial charge in [-0.1, -0.05) is 30.7 Å². The quantitative estimate of drug-likeness (QED) is 0.467. The second-order valence-corrected chi connectivity index (χ2v) is 6.99. The van der Waals surface area contributed by atoms with Crippen molar-refractivity contribution in [2.45, 2.75) is 13.3 Å². The number of aromatic nitrogens is 3. The first-order valence-electron chi connectivity index (χ1n) is 9.28. The molecule has 4 rings (SSSR count). The molecule has 2 aromatic heterocycles. The standard InChI is InChI=1S/C22H20ClN3O3/c1-3-10-29-20-9-8-18(12-21(20)28-2)25-14-24-26-13-16(11-19(26)22(25)27)15-4-6-17(23)7-5-15/h4-9,11-14H,3,10H2,1-2H3. The van der Waals surface area contributed by atoms with E-state index in [9.17, 15) is 4.79 Å². The topological polar surface area (TPSA) is 57.8 Å². The fourth-order valence-corrected chi connectivity index (χ4v) is 3.24. The van der Waals surface area contributed by atoms with Crippen LogP contribution in [0.2, 0.25) is 5.02 Å². The minimum Gasteiger partial charge on any atom is -0.493 e. The normalized spacial score (nSPS) is 11.0. The van der Waals surface area contributed by atoms with E-state index in [1.165, 1.54) is 10.9 Å². The van der Waals surface area contributed by atoms with Crippen LogP contribution in [0.25, 0.3) is 22.3 Å². The molecule has 148 valence electrons. The Hall–Kier alpha value is -3.25. The van der Waals surface area contributed by atoms with E-state index in [0.717, 1.165) is 17.5 Å². The molecule has 0 fully saturated rings. The van der Waals surface area contributed by atoms with Crippen molar-refractivity contribution < 1.29 is 9.47 Å². The van der Waals surface area contributed by atoms with E-state index < -0.39 is 0 Å². The highest BCUT2D eigenvalue weighted by Gasteiger charge is 2.12. The lowest BCUT2D eigenvalue weighted by Crippen LogP contribution is -2.21. The number of benzene rings is 2. The molecule has 0 aliphatic rings. The number of rotatable bonds is 6. The second-order valence-electron chi connectivity index (χ2n) is 6.56. The zero-order valence-corrected chi connectivity index (χ0v) is 16.9. The predicted molar refractivity (Wildman–Crippen MR) is 114 cm³/mol. The molecule has 0 spiro atoms. The number of fused-ring (bicyclic) bond motifs is 1. The Morgan fingerprint density at radius 3 is 2.55 bits per heavy atom. The van der Waals surface area contributed by atoms with Gasteiger partial charge in [0.15, 0.2) is 11.5 Å². The molecule has 0 amide bonds. The first kappa shape index (κ1) is 19.1. The van der Waals surface area contributed by atoms with Gasteiger partial charge < -0.3 is 9.47 Å². The lowest BCUT2D eigenvalue weighted by atomic mass is 10.1. The number of hydrogen-bond acceptors (Lipinski definition) is 4. The molecular formula is C22H20ClN3O3. The van der Waals surface area contributed by atoms with Gasteiger partial charge in [-0.05, 0) is 42.3 Å². The summed E-state index contributed by atoms with van der Waals surface area (Å²) in [6.45, 7) is 2.64. The third-order valence-corrected chi connectivity index (χ3v) is 4.85. The second kappa shape index (κ2) is 8.01. The summed E-state index contributed by atoms with van der Waals surface area (Å²) in [5.74, 6) is 1.22. The van der Waals surface area contributed by atoms with Gasteiger partial charge >= 0.3 is 0 Å². The largest absolute Gasteiger partial charge is 0.493 e. The van der Waals surface area contributed by atoms with E-state index in [0.29, 0.717) is 34.3 Å². The van der Waals surface area contributed by atoms with E-state index in [1.807, 2.05) is 49.5 Å². The van der Waals surface area contributed by atoms with Crippen molar-refractivity contribution in [1.29, 1.82) is 0 Å². The number of halogens is 1. The summed E-state index contributed by atoms with van der Waals surface area (Å²) >= 11 is 5.97. The Bertz CT molecular complexity index is 1210. The molecule has 0 unspecified atom stereocenters. The van der Waals surface area contributed by atoms with Crippen molar-refractivity contribution in [1.82, 2.24) is 14.2 Å². The Morgan fingerprint density at radius 2 is 1.83 bits per heavy atom. The molecule has 7 heteroatoms. The lowest BCUT2D eigenvalue weighted by Gasteiger charge is -2.12. The van der Waals surface area contributed by atoms with Crippen LogP contribution in [-0.2, 0) is 0 Å². The molecule has 29 heavy (non-hydrogen) atoms. The monoisotopic (exact) mass is 409 g/mol. The van der Waals surface area contributed by atoms with Crippen LogP contribution in [0.1, 0.15) is 13.3 Å². The maximum Gasteiger partial charge on any atom is 0.282 e. The summed E-state index contributed by atoms with van der Waals surface area (Å²) in [6.07, 6.45) is 4.23. The molecule has 0 radical (unpaired) electrons. The van der Waals surface area contributed by atoms with Gasteiger partial charge in [0.1, 0.15) is 11.8 Å². The Morgan fingerprint density at radius 1 is 1.03 bits per heavy atom. The molecule has 2 aromatic carbocycles. The molecule has 2 heterocycles. The van der Waals surface area contributed by atoms with Crippen molar-refractivity contribution >= 4 is 17.1 Å². The van der Waals surface area contributed by atoms with E-state index in [-0.39, 0.29) is 5.56 Å². The van der Waals surface area contributed by atoms with E-state index in [2.05, 4.69) is 5.10 Å². The summed E-state index contributed by atoms with van der Waals surface area (Å²) in [5, 5.41) is 5.06. The molecule has 0 saturated carbocycles. The lowest BCUT2D eigenvalue weighted by molar-refractivity contribution is 0.294. The summed E-state index contributed by atoms with van der Waals surface area (Å²) in [4.78, 5) is 13.1. The van der Waals surface area contributed by atoms with E-state index >= 15 is 0 Å².